The Morgan fingerprint density at radius 3 is 3.07 bits per heavy atom. The third-order valence-corrected chi connectivity index (χ3v) is 1.82. The minimum atomic E-state index is -2.06. The number of hydrogen-bond donors (Lipinski definition) is 1. The Kier molecular flexibility index (Phi) is 2.13. The van der Waals surface area contributed by atoms with Gasteiger partial charge in [0.25, 0.3) is 0 Å². The van der Waals surface area contributed by atoms with Gasteiger partial charge in [-0.1, -0.05) is 32.9 Å². The summed E-state index contributed by atoms with van der Waals surface area (Å²) in [6.45, 7) is 1.91. The van der Waals surface area contributed by atoms with Crippen molar-refractivity contribution in [1.82, 2.24) is 0 Å². The number of anilines is 1. The quantitative estimate of drug-likeness (QED) is 0.796. The van der Waals surface area contributed by atoms with E-state index in [-0.39, 0.29) is 17.4 Å². The molecule has 1 rings (SSSR count). The fourth-order valence-corrected chi connectivity index (χ4v) is 0.973. The van der Waals surface area contributed by atoms with Crippen molar-refractivity contribution in [2.45, 2.75) is 27.1 Å². The summed E-state index contributed by atoms with van der Waals surface area (Å²) >= 11 is 0. The van der Waals surface area contributed by atoms with Crippen LogP contribution in [0.3, 0.4) is 0 Å². The van der Waals surface area contributed by atoms with E-state index in [0.717, 1.165) is 0 Å². The highest BCUT2D eigenvalue weighted by Crippen LogP contribution is 2.12. The molecule has 2 heteroatoms. The van der Waals surface area contributed by atoms with Gasteiger partial charge >= 0.3 is 0 Å². The molecule has 2 nitrogen and oxygen atoms in total. The van der Waals surface area contributed by atoms with Crippen LogP contribution < -0.4 is 5.32 Å². The van der Waals surface area contributed by atoms with Gasteiger partial charge in [0.05, 0.1) is 0 Å². The molecule has 0 saturated carbocycles. The fraction of sp³-hybridized carbons (Fsp3) is 0.417. The van der Waals surface area contributed by atoms with Gasteiger partial charge in [0, 0.05) is 17.1 Å². The average molecular weight is 199 g/mol. The molecule has 0 aliphatic carbocycles. The van der Waals surface area contributed by atoms with E-state index < -0.39 is 13.2 Å². The first-order valence-corrected chi connectivity index (χ1v) is 4.51. The summed E-state index contributed by atoms with van der Waals surface area (Å²) in [6, 6.07) is 6.24. The first kappa shape index (κ1) is 6.23. The van der Waals surface area contributed by atoms with Crippen molar-refractivity contribution in [3.63, 3.8) is 0 Å². The van der Waals surface area contributed by atoms with Crippen LogP contribution in [0.1, 0.15) is 31.8 Å². The Morgan fingerprint density at radius 1 is 1.64 bits per heavy atom. The zero-order chi connectivity index (χ0) is 13.9. The average Bonchev–Trinajstić information content (AvgIpc) is 2.28. The number of carbonyl (C=O) groups is 1. The first-order valence-electron chi connectivity index (χ1n) is 6.66. The second kappa shape index (κ2) is 4.80. The second-order valence-corrected chi connectivity index (χ2v) is 3.37. The Labute approximate surface area is 91.0 Å². The van der Waals surface area contributed by atoms with Crippen molar-refractivity contribution in [3.8, 4) is 0 Å². The van der Waals surface area contributed by atoms with E-state index in [1.54, 1.807) is 26.0 Å². The summed E-state index contributed by atoms with van der Waals surface area (Å²) in [5.41, 5.74) is 0.704. The zero-order valence-electron chi connectivity index (χ0n) is 12.4. The van der Waals surface area contributed by atoms with Crippen molar-refractivity contribution in [3.05, 3.63) is 29.8 Å². The van der Waals surface area contributed by atoms with Crippen LogP contribution in [0.5, 0.6) is 0 Å². The molecule has 0 atom stereocenters. The molecule has 0 spiro atoms. The lowest BCUT2D eigenvalue weighted by Crippen LogP contribution is -2.17. The summed E-state index contributed by atoms with van der Waals surface area (Å²) in [4.78, 5) is 11.5. The van der Waals surface area contributed by atoms with Crippen molar-refractivity contribution >= 4 is 11.6 Å². The highest BCUT2D eigenvalue weighted by molar-refractivity contribution is 5.92. The van der Waals surface area contributed by atoms with Gasteiger partial charge in [0.15, 0.2) is 0 Å². The van der Waals surface area contributed by atoms with E-state index in [2.05, 4.69) is 5.32 Å². The molecule has 1 N–H and O–H groups in total. The van der Waals surface area contributed by atoms with E-state index in [1.807, 2.05) is 0 Å². The van der Waals surface area contributed by atoms with E-state index >= 15 is 0 Å². The molecule has 14 heavy (non-hydrogen) atoms. The van der Waals surface area contributed by atoms with Crippen molar-refractivity contribution < 1.29 is 10.3 Å². The highest BCUT2D eigenvalue weighted by atomic mass is 16.1. The fourth-order valence-electron chi connectivity index (χ4n) is 0.973. The number of carbonyl (C=O) groups excluding carboxylic acids is 1. The molecule has 0 aliphatic heterocycles. The molecule has 0 unspecified atom stereocenters. The number of rotatable bonds is 3. The maximum Gasteiger partial charge on any atom is 0.226 e. The molecule has 0 bridgehead atoms. The van der Waals surface area contributed by atoms with E-state index in [0.29, 0.717) is 5.69 Å². The van der Waals surface area contributed by atoms with Crippen LogP contribution >= 0.6 is 0 Å². The van der Waals surface area contributed by atoms with Crippen LogP contribution in [0, 0.1) is 5.92 Å². The summed E-state index contributed by atoms with van der Waals surface area (Å²) in [6.07, 6.45) is -2.06. The van der Waals surface area contributed by atoms with Crippen molar-refractivity contribution in [2.24, 2.45) is 5.92 Å². The van der Waals surface area contributed by atoms with Crippen molar-refractivity contribution in [2.75, 3.05) is 5.32 Å². The topological polar surface area (TPSA) is 29.1 Å². The van der Waals surface area contributed by atoms with Crippen LogP contribution in [0.4, 0.5) is 5.69 Å². The third-order valence-electron chi connectivity index (χ3n) is 1.82. The number of hydrogen-bond acceptors (Lipinski definition) is 1. The summed E-state index contributed by atoms with van der Waals surface area (Å²) in [5.74, 6) is -0.313. The van der Waals surface area contributed by atoms with Gasteiger partial charge in [-0.05, 0) is 24.1 Å². The van der Waals surface area contributed by atoms with Crippen molar-refractivity contribution in [1.29, 1.82) is 0 Å². The molecule has 0 heterocycles. The monoisotopic (exact) mass is 199 g/mol. The van der Waals surface area contributed by atoms with Gasteiger partial charge in [0.2, 0.25) is 5.91 Å². The predicted octanol–water partition coefficient (Wildman–Crippen LogP) is 2.84. The normalized spacial score (nSPS) is 15.7. The molecule has 1 aromatic rings. The molecule has 0 aromatic heterocycles. The molecule has 1 amide bonds. The molecular weight excluding hydrogens is 174 g/mol. The van der Waals surface area contributed by atoms with Gasteiger partial charge in [-0.25, -0.2) is 0 Å². The van der Waals surface area contributed by atoms with E-state index in [1.165, 1.54) is 12.1 Å². The Hall–Kier alpha value is -1.31. The Morgan fingerprint density at radius 2 is 2.43 bits per heavy atom. The Balaban J connectivity index is 2.96. The van der Waals surface area contributed by atoms with E-state index in [4.69, 9.17) is 5.48 Å². The molecular formula is C12H17NO. The second-order valence-electron chi connectivity index (χ2n) is 3.37. The molecule has 1 aromatic carbocycles. The van der Waals surface area contributed by atoms with Gasteiger partial charge in [0.1, 0.15) is 0 Å². The zero-order valence-corrected chi connectivity index (χ0v) is 8.37. The first-order chi connectivity index (χ1) is 8.25. The minimum Gasteiger partial charge on any atom is -0.326 e. The molecule has 0 saturated heterocycles. The van der Waals surface area contributed by atoms with Gasteiger partial charge in [-0.3, -0.25) is 4.79 Å². The maximum atomic E-state index is 11.5. The number of nitrogens with one attached hydrogen (secondary N) is 1. The number of benzene rings is 1. The molecule has 0 aliphatic rings. The van der Waals surface area contributed by atoms with Gasteiger partial charge in [-0.15, -0.1) is 0 Å². The highest BCUT2D eigenvalue weighted by Gasteiger charge is 2.06. The maximum absolute atomic E-state index is 11.5. The SMILES string of the molecule is [3H]C([3H])C([3H])([3H])c1cccc(NC(=O)C(C)C)c1. The largest absolute Gasteiger partial charge is 0.326 e. The third kappa shape index (κ3) is 2.87. The van der Waals surface area contributed by atoms with Crippen LogP contribution in [-0.4, -0.2) is 5.91 Å². The van der Waals surface area contributed by atoms with Crippen LogP contribution in [-0.2, 0) is 11.2 Å². The molecule has 76 valence electrons. The predicted molar refractivity (Wildman–Crippen MR) is 59.3 cm³/mol. The standard InChI is InChI=1S/C12H17NO/c1-4-10-6-5-7-11(8-10)13-12(14)9(2)3/h5-9H,4H2,1-3H3,(H,13,14)/i1T2,4T2. The van der Waals surface area contributed by atoms with Gasteiger partial charge < -0.3 is 5.32 Å². The van der Waals surface area contributed by atoms with E-state index in [9.17, 15) is 4.79 Å². The minimum absolute atomic E-state index is 0.152. The van der Waals surface area contributed by atoms with Gasteiger partial charge in [-0.2, -0.15) is 0 Å². The number of amides is 1. The van der Waals surface area contributed by atoms with Crippen LogP contribution in [0.15, 0.2) is 24.3 Å². The number of aryl methyl sites for hydroxylation is 1. The lowest BCUT2D eigenvalue weighted by molar-refractivity contribution is -0.118. The van der Waals surface area contributed by atoms with Crippen LogP contribution in [0.25, 0.3) is 0 Å². The summed E-state index contributed by atoms with van der Waals surface area (Å²) in [5, 5.41) is 2.66. The smallest absolute Gasteiger partial charge is 0.226 e. The van der Waals surface area contributed by atoms with Crippen LogP contribution in [0.2, 0.25) is 0 Å². The molecule has 0 fully saturated rings. The lowest BCUT2D eigenvalue weighted by atomic mass is 10.1. The lowest BCUT2D eigenvalue weighted by Gasteiger charge is -2.08. The summed E-state index contributed by atoms with van der Waals surface area (Å²) < 4.78 is 29.7. The Bertz CT molecular complexity index is 432. The molecule has 0 radical (unpaired) electrons. The summed E-state index contributed by atoms with van der Waals surface area (Å²) in [7, 11) is 0.